The third kappa shape index (κ3) is 2.14. The van der Waals surface area contributed by atoms with E-state index in [0.717, 1.165) is 5.92 Å². The highest BCUT2D eigenvalue weighted by atomic mass is 15.0. The molecule has 0 radical (unpaired) electrons. The Kier molecular flexibility index (Phi) is 3.64. The molecule has 0 saturated heterocycles. The lowest BCUT2D eigenvalue weighted by Crippen LogP contribution is -2.31. The summed E-state index contributed by atoms with van der Waals surface area (Å²) in [5, 5.41) is 0. The molecular weight excluding hydrogens is 198 g/mol. The minimum Gasteiger partial charge on any atom is -0.336 e. The summed E-state index contributed by atoms with van der Waals surface area (Å²) >= 11 is 0. The SMILES string of the molecule is CCC1CCCCC1C(N)c1cncn1C. The van der Waals surface area contributed by atoms with Crippen LogP contribution in [0.25, 0.3) is 0 Å². The molecule has 90 valence electrons. The summed E-state index contributed by atoms with van der Waals surface area (Å²) < 4.78 is 2.06. The van der Waals surface area contributed by atoms with Gasteiger partial charge < -0.3 is 10.3 Å². The zero-order chi connectivity index (χ0) is 11.5. The Morgan fingerprint density at radius 1 is 1.50 bits per heavy atom. The molecule has 0 aliphatic heterocycles. The Hall–Kier alpha value is -0.830. The van der Waals surface area contributed by atoms with Gasteiger partial charge in [-0.3, -0.25) is 0 Å². The lowest BCUT2D eigenvalue weighted by atomic mass is 9.73. The van der Waals surface area contributed by atoms with E-state index in [9.17, 15) is 0 Å². The van der Waals surface area contributed by atoms with Gasteiger partial charge in [-0.15, -0.1) is 0 Å². The van der Waals surface area contributed by atoms with Crippen LogP contribution in [-0.2, 0) is 7.05 Å². The van der Waals surface area contributed by atoms with Gasteiger partial charge in [0.25, 0.3) is 0 Å². The first kappa shape index (κ1) is 11.6. The van der Waals surface area contributed by atoms with Crippen LogP contribution in [0.15, 0.2) is 12.5 Å². The molecule has 1 aromatic heterocycles. The number of nitrogens with zero attached hydrogens (tertiary/aromatic N) is 2. The van der Waals surface area contributed by atoms with E-state index < -0.39 is 0 Å². The summed E-state index contributed by atoms with van der Waals surface area (Å²) in [4.78, 5) is 4.17. The minimum atomic E-state index is 0.165. The summed E-state index contributed by atoms with van der Waals surface area (Å²) in [6, 6.07) is 0.165. The van der Waals surface area contributed by atoms with Crippen LogP contribution in [0, 0.1) is 11.8 Å². The molecule has 3 heteroatoms. The maximum absolute atomic E-state index is 6.42. The van der Waals surface area contributed by atoms with Crippen molar-refractivity contribution in [1.29, 1.82) is 0 Å². The second-order valence-electron chi connectivity index (χ2n) is 5.07. The lowest BCUT2D eigenvalue weighted by molar-refractivity contribution is 0.193. The Bertz CT molecular complexity index is 332. The van der Waals surface area contributed by atoms with Crippen molar-refractivity contribution >= 4 is 0 Å². The van der Waals surface area contributed by atoms with Gasteiger partial charge in [-0.2, -0.15) is 0 Å². The van der Waals surface area contributed by atoms with Crippen LogP contribution in [0.5, 0.6) is 0 Å². The molecule has 16 heavy (non-hydrogen) atoms. The van der Waals surface area contributed by atoms with Gasteiger partial charge in [0.1, 0.15) is 0 Å². The molecule has 0 amide bonds. The molecule has 2 rings (SSSR count). The van der Waals surface area contributed by atoms with E-state index in [1.54, 1.807) is 0 Å². The molecule has 1 fully saturated rings. The average molecular weight is 221 g/mol. The molecule has 1 heterocycles. The fourth-order valence-corrected chi connectivity index (χ4v) is 3.12. The first-order valence-electron chi connectivity index (χ1n) is 6.45. The number of hydrogen-bond donors (Lipinski definition) is 1. The summed E-state index contributed by atoms with van der Waals surface area (Å²) in [6.07, 6.45) is 10.4. The predicted octanol–water partition coefficient (Wildman–Crippen LogP) is 2.64. The average Bonchev–Trinajstić information content (AvgIpc) is 2.74. The summed E-state index contributed by atoms with van der Waals surface area (Å²) in [5.41, 5.74) is 7.61. The van der Waals surface area contributed by atoms with Crippen molar-refractivity contribution in [1.82, 2.24) is 9.55 Å². The smallest absolute Gasteiger partial charge is 0.0946 e. The Morgan fingerprint density at radius 2 is 2.25 bits per heavy atom. The van der Waals surface area contributed by atoms with Crippen LogP contribution in [0.4, 0.5) is 0 Å². The quantitative estimate of drug-likeness (QED) is 0.852. The van der Waals surface area contributed by atoms with Crippen LogP contribution >= 0.6 is 0 Å². The Balaban J connectivity index is 2.13. The zero-order valence-corrected chi connectivity index (χ0v) is 10.4. The molecule has 2 N–H and O–H groups in total. The van der Waals surface area contributed by atoms with Gasteiger partial charge in [-0.05, 0) is 18.3 Å². The Labute approximate surface area is 98.1 Å². The molecule has 1 aromatic rings. The minimum absolute atomic E-state index is 0.165. The fourth-order valence-electron chi connectivity index (χ4n) is 3.12. The third-order valence-corrected chi connectivity index (χ3v) is 4.15. The van der Waals surface area contributed by atoms with Crippen molar-refractivity contribution in [3.05, 3.63) is 18.2 Å². The lowest BCUT2D eigenvalue weighted by Gasteiger charge is -2.35. The zero-order valence-electron chi connectivity index (χ0n) is 10.4. The maximum Gasteiger partial charge on any atom is 0.0946 e. The van der Waals surface area contributed by atoms with Crippen molar-refractivity contribution in [3.8, 4) is 0 Å². The van der Waals surface area contributed by atoms with Crippen LogP contribution in [0.1, 0.15) is 50.8 Å². The standard InChI is InChI=1S/C13H23N3/c1-3-10-6-4-5-7-11(10)13(14)12-8-15-9-16(12)2/h8-11,13H,3-7,14H2,1-2H3. The highest BCUT2D eigenvalue weighted by Gasteiger charge is 2.30. The van der Waals surface area contributed by atoms with Crippen molar-refractivity contribution in [2.75, 3.05) is 0 Å². The van der Waals surface area contributed by atoms with E-state index in [2.05, 4.69) is 16.5 Å². The van der Waals surface area contributed by atoms with Gasteiger partial charge in [-0.25, -0.2) is 4.98 Å². The number of nitrogens with two attached hydrogens (primary N) is 1. The number of hydrogen-bond acceptors (Lipinski definition) is 2. The first-order chi connectivity index (χ1) is 7.74. The molecule has 0 bridgehead atoms. The van der Waals surface area contributed by atoms with E-state index in [-0.39, 0.29) is 6.04 Å². The third-order valence-electron chi connectivity index (χ3n) is 4.15. The maximum atomic E-state index is 6.42. The monoisotopic (exact) mass is 221 g/mol. The van der Waals surface area contributed by atoms with E-state index in [0.29, 0.717) is 5.92 Å². The molecule has 3 nitrogen and oxygen atoms in total. The Morgan fingerprint density at radius 3 is 2.88 bits per heavy atom. The van der Waals surface area contributed by atoms with Crippen molar-refractivity contribution in [3.63, 3.8) is 0 Å². The van der Waals surface area contributed by atoms with Gasteiger partial charge >= 0.3 is 0 Å². The predicted molar refractivity (Wildman–Crippen MR) is 65.9 cm³/mol. The van der Waals surface area contributed by atoms with Gasteiger partial charge in [0.05, 0.1) is 12.0 Å². The van der Waals surface area contributed by atoms with Crippen LogP contribution in [0.3, 0.4) is 0 Å². The largest absolute Gasteiger partial charge is 0.336 e. The molecule has 0 aromatic carbocycles. The number of imidazole rings is 1. The number of aryl methyl sites for hydroxylation is 1. The summed E-state index contributed by atoms with van der Waals surface area (Å²) in [7, 11) is 2.03. The highest BCUT2D eigenvalue weighted by molar-refractivity contribution is 5.06. The summed E-state index contributed by atoms with van der Waals surface area (Å²) in [6.45, 7) is 2.29. The second-order valence-corrected chi connectivity index (χ2v) is 5.07. The van der Waals surface area contributed by atoms with Gasteiger partial charge in [0.15, 0.2) is 0 Å². The van der Waals surface area contributed by atoms with Crippen LogP contribution < -0.4 is 5.73 Å². The summed E-state index contributed by atoms with van der Waals surface area (Å²) in [5.74, 6) is 1.45. The van der Waals surface area contributed by atoms with Gasteiger partial charge in [-0.1, -0.05) is 32.6 Å². The fraction of sp³-hybridized carbons (Fsp3) is 0.769. The van der Waals surface area contributed by atoms with E-state index >= 15 is 0 Å². The number of aromatic nitrogens is 2. The topological polar surface area (TPSA) is 43.8 Å². The second kappa shape index (κ2) is 5.00. The van der Waals surface area contributed by atoms with Crippen LogP contribution in [-0.4, -0.2) is 9.55 Å². The van der Waals surface area contributed by atoms with E-state index in [1.165, 1.54) is 37.8 Å². The van der Waals surface area contributed by atoms with Crippen molar-refractivity contribution < 1.29 is 0 Å². The molecule has 3 unspecified atom stereocenters. The number of rotatable bonds is 3. The van der Waals surface area contributed by atoms with E-state index in [4.69, 9.17) is 5.73 Å². The van der Waals surface area contributed by atoms with Crippen molar-refractivity contribution in [2.45, 2.75) is 45.1 Å². The molecule has 1 saturated carbocycles. The molecular formula is C13H23N3. The molecule has 3 atom stereocenters. The molecule has 0 spiro atoms. The molecule has 1 aliphatic rings. The van der Waals surface area contributed by atoms with Gasteiger partial charge in [0.2, 0.25) is 0 Å². The van der Waals surface area contributed by atoms with Gasteiger partial charge in [0, 0.05) is 19.3 Å². The molecule has 1 aliphatic carbocycles. The van der Waals surface area contributed by atoms with E-state index in [1.807, 2.05) is 19.6 Å². The first-order valence-corrected chi connectivity index (χ1v) is 6.45. The van der Waals surface area contributed by atoms with Crippen molar-refractivity contribution in [2.24, 2.45) is 24.6 Å². The normalized spacial score (nSPS) is 27.9. The highest BCUT2D eigenvalue weighted by Crippen LogP contribution is 2.38. The van der Waals surface area contributed by atoms with Crippen LogP contribution in [0.2, 0.25) is 0 Å².